The molecule has 0 aliphatic heterocycles. The van der Waals surface area contributed by atoms with Crippen molar-refractivity contribution in [3.05, 3.63) is 35.4 Å². The van der Waals surface area contributed by atoms with Crippen molar-refractivity contribution in [1.82, 2.24) is 0 Å². The Labute approximate surface area is 96.9 Å². The third-order valence-electron chi connectivity index (χ3n) is 2.58. The lowest BCUT2D eigenvalue weighted by Crippen LogP contribution is -1.99. The predicted octanol–water partition coefficient (Wildman–Crippen LogP) is 3.60. The molecule has 1 nitrogen and oxygen atoms in total. The van der Waals surface area contributed by atoms with Crippen molar-refractivity contribution in [1.29, 1.82) is 0 Å². The van der Waals surface area contributed by atoms with E-state index >= 15 is 0 Å². The van der Waals surface area contributed by atoms with Gasteiger partial charge in [-0.15, -0.1) is 0 Å². The number of hydrogen-bond acceptors (Lipinski definition) is 2. The van der Waals surface area contributed by atoms with Gasteiger partial charge in [-0.3, -0.25) is 0 Å². The van der Waals surface area contributed by atoms with Crippen molar-refractivity contribution >= 4 is 11.8 Å². The fourth-order valence-corrected chi connectivity index (χ4v) is 1.96. The van der Waals surface area contributed by atoms with Gasteiger partial charge in [0.05, 0.1) is 6.10 Å². The van der Waals surface area contributed by atoms with E-state index in [2.05, 4.69) is 32.2 Å². The van der Waals surface area contributed by atoms with Crippen LogP contribution < -0.4 is 0 Å². The van der Waals surface area contributed by atoms with Gasteiger partial charge >= 0.3 is 0 Å². The summed E-state index contributed by atoms with van der Waals surface area (Å²) in [6.45, 7) is 4.36. The standard InChI is InChI=1S/C13H20OS/c1-10(2)11-4-6-12(7-5-11)13(14)8-9-15-3/h4-7,10,13-14H,8-9H2,1-3H3. The minimum absolute atomic E-state index is 0.307. The SMILES string of the molecule is CSCCC(O)c1ccc(C(C)C)cc1. The molecule has 0 heterocycles. The Morgan fingerprint density at radius 2 is 1.67 bits per heavy atom. The van der Waals surface area contributed by atoms with Crippen molar-refractivity contribution in [2.45, 2.75) is 32.3 Å². The number of aliphatic hydroxyl groups excluding tert-OH is 1. The van der Waals surface area contributed by atoms with E-state index in [9.17, 15) is 5.11 Å². The molecule has 0 aliphatic rings. The van der Waals surface area contributed by atoms with Crippen LogP contribution in [0.4, 0.5) is 0 Å². The number of thioether (sulfide) groups is 1. The molecule has 0 aliphatic carbocycles. The minimum atomic E-state index is -0.307. The molecular formula is C13H20OS. The van der Waals surface area contributed by atoms with Gasteiger partial charge in [0.1, 0.15) is 0 Å². The molecule has 1 aromatic rings. The topological polar surface area (TPSA) is 20.2 Å². The zero-order chi connectivity index (χ0) is 11.3. The van der Waals surface area contributed by atoms with Crippen LogP contribution in [0.2, 0.25) is 0 Å². The Morgan fingerprint density at radius 1 is 1.13 bits per heavy atom. The summed E-state index contributed by atoms with van der Waals surface area (Å²) in [6, 6.07) is 8.31. The lowest BCUT2D eigenvalue weighted by atomic mass is 9.99. The lowest BCUT2D eigenvalue weighted by molar-refractivity contribution is 0.175. The molecule has 0 saturated carbocycles. The first kappa shape index (κ1) is 12.6. The first-order chi connectivity index (χ1) is 7.15. The van der Waals surface area contributed by atoms with E-state index in [-0.39, 0.29) is 6.10 Å². The molecule has 84 valence electrons. The quantitative estimate of drug-likeness (QED) is 0.824. The molecule has 0 amide bonds. The number of hydrogen-bond donors (Lipinski definition) is 1. The van der Waals surface area contributed by atoms with Crippen molar-refractivity contribution in [2.75, 3.05) is 12.0 Å². The summed E-state index contributed by atoms with van der Waals surface area (Å²) >= 11 is 1.77. The van der Waals surface area contributed by atoms with E-state index in [0.29, 0.717) is 5.92 Å². The van der Waals surface area contributed by atoms with Crippen LogP contribution in [0.25, 0.3) is 0 Å². The van der Waals surface area contributed by atoms with Gasteiger partial charge in [-0.1, -0.05) is 38.1 Å². The highest BCUT2D eigenvalue weighted by Crippen LogP contribution is 2.21. The van der Waals surface area contributed by atoms with Crippen molar-refractivity contribution in [3.8, 4) is 0 Å². The molecule has 2 heteroatoms. The fraction of sp³-hybridized carbons (Fsp3) is 0.538. The zero-order valence-electron chi connectivity index (χ0n) is 9.73. The van der Waals surface area contributed by atoms with E-state index in [1.165, 1.54) is 5.56 Å². The Balaban J connectivity index is 2.62. The monoisotopic (exact) mass is 224 g/mol. The van der Waals surface area contributed by atoms with Gasteiger partial charge < -0.3 is 5.11 Å². The van der Waals surface area contributed by atoms with Gasteiger partial charge in [0, 0.05) is 0 Å². The third-order valence-corrected chi connectivity index (χ3v) is 3.23. The average Bonchev–Trinajstić information content (AvgIpc) is 2.26. The first-order valence-electron chi connectivity index (χ1n) is 5.42. The maximum absolute atomic E-state index is 9.87. The molecule has 0 spiro atoms. The molecular weight excluding hydrogens is 204 g/mol. The van der Waals surface area contributed by atoms with Crippen LogP contribution in [0.5, 0.6) is 0 Å². The van der Waals surface area contributed by atoms with Crippen molar-refractivity contribution < 1.29 is 5.11 Å². The van der Waals surface area contributed by atoms with Crippen LogP contribution in [0, 0.1) is 0 Å². The van der Waals surface area contributed by atoms with Crippen molar-refractivity contribution in [3.63, 3.8) is 0 Å². The summed E-state index contributed by atoms with van der Waals surface area (Å²) < 4.78 is 0. The summed E-state index contributed by atoms with van der Waals surface area (Å²) in [5.41, 5.74) is 2.37. The predicted molar refractivity (Wildman–Crippen MR) is 68.5 cm³/mol. The van der Waals surface area contributed by atoms with Gasteiger partial charge in [0.25, 0.3) is 0 Å². The second-order valence-corrected chi connectivity index (χ2v) is 5.10. The highest BCUT2D eigenvalue weighted by Gasteiger charge is 2.07. The molecule has 1 atom stereocenters. The normalized spacial score (nSPS) is 13.1. The fourth-order valence-electron chi connectivity index (χ4n) is 1.50. The minimum Gasteiger partial charge on any atom is -0.388 e. The number of rotatable bonds is 5. The van der Waals surface area contributed by atoms with Crippen LogP contribution in [0.15, 0.2) is 24.3 Å². The van der Waals surface area contributed by atoms with Gasteiger partial charge in [0.2, 0.25) is 0 Å². The third kappa shape index (κ3) is 3.88. The molecule has 1 aromatic carbocycles. The van der Waals surface area contributed by atoms with Gasteiger partial charge in [0.15, 0.2) is 0 Å². The highest BCUT2D eigenvalue weighted by molar-refractivity contribution is 7.98. The van der Waals surface area contributed by atoms with E-state index in [1.807, 2.05) is 12.1 Å². The molecule has 1 unspecified atom stereocenters. The van der Waals surface area contributed by atoms with Crippen molar-refractivity contribution in [2.24, 2.45) is 0 Å². The molecule has 1 N–H and O–H groups in total. The lowest BCUT2D eigenvalue weighted by Gasteiger charge is -2.12. The summed E-state index contributed by atoms with van der Waals surface area (Å²) in [4.78, 5) is 0. The number of aliphatic hydroxyl groups is 1. The van der Waals surface area contributed by atoms with E-state index < -0.39 is 0 Å². The smallest absolute Gasteiger partial charge is 0.0797 e. The van der Waals surface area contributed by atoms with E-state index in [0.717, 1.165) is 17.7 Å². The summed E-state index contributed by atoms with van der Waals surface area (Å²) in [5.74, 6) is 1.56. The summed E-state index contributed by atoms with van der Waals surface area (Å²) in [7, 11) is 0. The molecule has 0 saturated heterocycles. The molecule has 1 rings (SSSR count). The largest absolute Gasteiger partial charge is 0.388 e. The molecule has 0 aromatic heterocycles. The first-order valence-corrected chi connectivity index (χ1v) is 6.81. The van der Waals surface area contributed by atoms with E-state index in [4.69, 9.17) is 0 Å². The van der Waals surface area contributed by atoms with Crippen LogP contribution in [0.3, 0.4) is 0 Å². The van der Waals surface area contributed by atoms with Crippen LogP contribution >= 0.6 is 11.8 Å². The number of benzene rings is 1. The molecule has 0 bridgehead atoms. The molecule has 15 heavy (non-hydrogen) atoms. The highest BCUT2D eigenvalue weighted by atomic mass is 32.2. The summed E-state index contributed by atoms with van der Waals surface area (Å²) in [6.07, 6.45) is 2.59. The molecule has 0 radical (unpaired) electrons. The maximum atomic E-state index is 9.87. The Morgan fingerprint density at radius 3 is 2.13 bits per heavy atom. The van der Waals surface area contributed by atoms with Gasteiger partial charge in [-0.25, -0.2) is 0 Å². The Bertz CT molecular complexity index is 279. The summed E-state index contributed by atoms with van der Waals surface area (Å²) in [5, 5.41) is 9.87. The van der Waals surface area contributed by atoms with Crippen LogP contribution in [-0.2, 0) is 0 Å². The van der Waals surface area contributed by atoms with Gasteiger partial charge in [-0.05, 0) is 35.5 Å². The molecule has 0 fully saturated rings. The van der Waals surface area contributed by atoms with Crippen LogP contribution in [-0.4, -0.2) is 17.1 Å². The average molecular weight is 224 g/mol. The zero-order valence-corrected chi connectivity index (χ0v) is 10.6. The maximum Gasteiger partial charge on any atom is 0.0797 e. The van der Waals surface area contributed by atoms with E-state index in [1.54, 1.807) is 11.8 Å². The second-order valence-electron chi connectivity index (χ2n) is 4.12. The van der Waals surface area contributed by atoms with Crippen LogP contribution in [0.1, 0.15) is 43.4 Å². The van der Waals surface area contributed by atoms with Gasteiger partial charge in [-0.2, -0.15) is 11.8 Å². The Hall–Kier alpha value is -0.470. The second kappa shape index (κ2) is 6.19. The Kier molecular flexibility index (Phi) is 5.20.